The van der Waals surface area contributed by atoms with Crippen LogP contribution in [-0.2, 0) is 17.8 Å². The van der Waals surface area contributed by atoms with Gasteiger partial charge in [-0.15, -0.1) is 0 Å². The summed E-state index contributed by atoms with van der Waals surface area (Å²) in [5.74, 6) is 0.508. The summed E-state index contributed by atoms with van der Waals surface area (Å²) in [5, 5.41) is 2.54. The van der Waals surface area contributed by atoms with Crippen molar-refractivity contribution in [1.82, 2.24) is 14.1 Å². The lowest BCUT2D eigenvalue weighted by Crippen LogP contribution is -2.44. The molecule has 1 amide bonds. The van der Waals surface area contributed by atoms with E-state index in [2.05, 4.69) is 21.9 Å². The molecule has 34 heavy (non-hydrogen) atoms. The first-order chi connectivity index (χ1) is 16.4. The zero-order chi connectivity index (χ0) is 24.2. The number of ether oxygens (including phenoxy) is 1. The fraction of sp³-hybridized carbons (Fsp3) is 0.417. The van der Waals surface area contributed by atoms with E-state index in [0.717, 1.165) is 31.8 Å². The summed E-state index contributed by atoms with van der Waals surface area (Å²) in [6.45, 7) is 4.13. The molecule has 0 radical (unpaired) electrons. The lowest BCUT2D eigenvalue weighted by Gasteiger charge is -2.31. The Labute approximate surface area is 197 Å². The number of rotatable bonds is 7. The number of hydrogen-bond donors (Lipinski definition) is 2. The Morgan fingerprint density at radius 1 is 1.29 bits per heavy atom. The number of carbonyl (C=O) groups excluding carboxylic acids is 2. The molecule has 1 atom stereocenters. The Balaban J connectivity index is 1.65. The van der Waals surface area contributed by atoms with Crippen LogP contribution in [0, 0.1) is 0 Å². The molecule has 1 aliphatic heterocycles. The normalized spacial score (nSPS) is 16.0. The average Bonchev–Trinajstić information content (AvgIpc) is 3.20. The summed E-state index contributed by atoms with van der Waals surface area (Å²) < 4.78 is 7.95. The maximum Gasteiger partial charge on any atom is 0.411 e. The number of aromatic nitrogens is 3. The van der Waals surface area contributed by atoms with Gasteiger partial charge in [0.05, 0.1) is 19.2 Å². The third-order valence-corrected chi connectivity index (χ3v) is 5.97. The van der Waals surface area contributed by atoms with Crippen molar-refractivity contribution in [3.8, 4) is 0 Å². The number of amides is 1. The van der Waals surface area contributed by atoms with Gasteiger partial charge in [-0.2, -0.15) is 0 Å². The quantitative estimate of drug-likeness (QED) is 0.513. The molecule has 180 valence electrons. The summed E-state index contributed by atoms with van der Waals surface area (Å²) >= 11 is 0. The first-order valence-corrected chi connectivity index (χ1v) is 11.5. The van der Waals surface area contributed by atoms with Crippen molar-refractivity contribution < 1.29 is 14.3 Å². The molecule has 3 aromatic rings. The largest absolute Gasteiger partial charge is 0.453 e. The van der Waals surface area contributed by atoms with E-state index in [1.165, 1.54) is 11.7 Å². The Bertz CT molecular complexity index is 1260. The van der Waals surface area contributed by atoms with E-state index in [4.69, 9.17) is 10.7 Å². The minimum atomic E-state index is -0.624. The third-order valence-electron chi connectivity index (χ3n) is 5.97. The highest BCUT2D eigenvalue weighted by atomic mass is 16.5. The molecule has 1 unspecified atom stereocenters. The number of fused-ring (bicyclic) bond motifs is 1. The number of Topliss-reactive ketones (excluding diaryl/α,β-unsaturated/α-hetero) is 1. The molecule has 2 aromatic heterocycles. The maximum atomic E-state index is 13.4. The van der Waals surface area contributed by atoms with Gasteiger partial charge in [-0.05, 0) is 37.5 Å². The van der Waals surface area contributed by atoms with Crippen LogP contribution in [0.3, 0.4) is 0 Å². The number of pyridine rings is 1. The van der Waals surface area contributed by atoms with Crippen LogP contribution in [0.5, 0.6) is 0 Å². The number of ketones is 1. The van der Waals surface area contributed by atoms with Gasteiger partial charge in [0.15, 0.2) is 5.78 Å². The number of nitrogens with two attached hydrogens (primary N) is 1. The Morgan fingerprint density at radius 2 is 2.12 bits per heavy atom. The Morgan fingerprint density at radius 3 is 2.85 bits per heavy atom. The average molecular weight is 467 g/mol. The summed E-state index contributed by atoms with van der Waals surface area (Å²) in [7, 11) is 1.27. The fourth-order valence-electron chi connectivity index (χ4n) is 4.34. The van der Waals surface area contributed by atoms with E-state index >= 15 is 0 Å². The molecule has 1 saturated heterocycles. The number of aryl methyl sites for hydroxylation is 1. The predicted octanol–water partition coefficient (Wildman–Crippen LogP) is 2.60. The smallest absolute Gasteiger partial charge is 0.411 e. The van der Waals surface area contributed by atoms with Gasteiger partial charge < -0.3 is 24.5 Å². The second-order valence-corrected chi connectivity index (χ2v) is 8.51. The van der Waals surface area contributed by atoms with Gasteiger partial charge in [-0.25, -0.2) is 9.78 Å². The standard InChI is InChI=1S/C24H30N6O4/c1-3-10-30-21-19(27-23(30)29-11-5-7-17(25)14-29)9-12-28(22(21)32)15-20(31)16-6-4-8-18(13-16)26-24(33)34-2/h4,6,8-9,12-13,17H,3,5,7,10-11,14-15,25H2,1-2H3,(H,26,33). The zero-order valence-electron chi connectivity index (χ0n) is 19.5. The van der Waals surface area contributed by atoms with E-state index in [0.29, 0.717) is 35.4 Å². The minimum absolute atomic E-state index is 0.0855. The fourth-order valence-corrected chi connectivity index (χ4v) is 4.34. The number of anilines is 2. The molecule has 0 saturated carbocycles. The van der Waals surface area contributed by atoms with Gasteiger partial charge in [-0.1, -0.05) is 19.1 Å². The van der Waals surface area contributed by atoms with E-state index in [9.17, 15) is 14.4 Å². The van der Waals surface area contributed by atoms with Crippen LogP contribution in [0.4, 0.5) is 16.4 Å². The maximum absolute atomic E-state index is 13.4. The summed E-state index contributed by atoms with van der Waals surface area (Å²) in [6.07, 6.45) is 3.79. The van der Waals surface area contributed by atoms with E-state index < -0.39 is 6.09 Å². The van der Waals surface area contributed by atoms with Crippen LogP contribution in [-0.4, -0.2) is 52.2 Å². The second kappa shape index (κ2) is 10.1. The van der Waals surface area contributed by atoms with E-state index in [-0.39, 0.29) is 23.9 Å². The SMILES string of the molecule is CCCn1c(N2CCCC(N)C2)nc2ccn(CC(=O)c3cccc(NC(=O)OC)c3)c(=O)c21. The van der Waals surface area contributed by atoms with Crippen molar-refractivity contribution in [2.24, 2.45) is 5.73 Å². The number of carbonyl (C=O) groups is 2. The summed E-state index contributed by atoms with van der Waals surface area (Å²) in [6, 6.07) is 8.38. The van der Waals surface area contributed by atoms with Crippen molar-refractivity contribution in [2.75, 3.05) is 30.4 Å². The monoisotopic (exact) mass is 466 g/mol. The molecule has 3 heterocycles. The van der Waals surface area contributed by atoms with Crippen molar-refractivity contribution in [1.29, 1.82) is 0 Å². The summed E-state index contributed by atoms with van der Waals surface area (Å²) in [5.41, 5.74) is 7.84. The van der Waals surface area contributed by atoms with Crippen LogP contribution in [0.1, 0.15) is 36.5 Å². The number of hydrogen-bond acceptors (Lipinski definition) is 7. The van der Waals surface area contributed by atoms with E-state index in [1.54, 1.807) is 36.5 Å². The Kier molecular flexibility index (Phi) is 6.97. The van der Waals surface area contributed by atoms with Gasteiger partial charge in [0.2, 0.25) is 5.95 Å². The van der Waals surface area contributed by atoms with Gasteiger partial charge >= 0.3 is 6.09 Å². The number of methoxy groups -OCH3 is 1. The van der Waals surface area contributed by atoms with Crippen LogP contribution in [0.15, 0.2) is 41.3 Å². The highest BCUT2D eigenvalue weighted by molar-refractivity contribution is 5.97. The van der Waals surface area contributed by atoms with Crippen LogP contribution in [0.25, 0.3) is 11.0 Å². The molecule has 3 N–H and O–H groups in total. The molecule has 10 heteroatoms. The van der Waals surface area contributed by atoms with Gasteiger partial charge in [-0.3, -0.25) is 14.9 Å². The molecule has 1 aromatic carbocycles. The molecule has 1 fully saturated rings. The number of imidazole rings is 1. The van der Waals surface area contributed by atoms with Crippen LogP contribution >= 0.6 is 0 Å². The predicted molar refractivity (Wildman–Crippen MR) is 131 cm³/mol. The molecule has 0 aliphatic carbocycles. The highest BCUT2D eigenvalue weighted by Crippen LogP contribution is 2.24. The molecule has 4 rings (SSSR count). The van der Waals surface area contributed by atoms with E-state index in [1.807, 2.05) is 4.57 Å². The lowest BCUT2D eigenvalue weighted by molar-refractivity contribution is 0.0971. The van der Waals surface area contributed by atoms with Gasteiger partial charge in [0.25, 0.3) is 5.56 Å². The highest BCUT2D eigenvalue weighted by Gasteiger charge is 2.24. The number of piperidine rings is 1. The molecular weight excluding hydrogens is 436 g/mol. The third kappa shape index (κ3) is 4.81. The number of benzene rings is 1. The topological polar surface area (TPSA) is 124 Å². The van der Waals surface area contributed by atoms with Crippen molar-refractivity contribution >= 4 is 34.5 Å². The lowest BCUT2D eigenvalue weighted by atomic mass is 10.1. The molecule has 10 nitrogen and oxygen atoms in total. The van der Waals surface area contributed by atoms with Crippen molar-refractivity contribution in [3.05, 3.63) is 52.4 Å². The van der Waals surface area contributed by atoms with Crippen LogP contribution < -0.4 is 21.5 Å². The van der Waals surface area contributed by atoms with Gasteiger partial charge in [0.1, 0.15) is 5.52 Å². The molecule has 0 bridgehead atoms. The molecule has 0 spiro atoms. The minimum Gasteiger partial charge on any atom is -0.453 e. The molecule has 1 aliphatic rings. The summed E-state index contributed by atoms with van der Waals surface area (Å²) in [4.78, 5) is 44.8. The Hall–Kier alpha value is -3.66. The zero-order valence-corrected chi connectivity index (χ0v) is 19.5. The first-order valence-electron chi connectivity index (χ1n) is 11.5. The molecular formula is C24H30N6O4. The first kappa shape index (κ1) is 23.5. The van der Waals surface area contributed by atoms with Gasteiger partial charge in [0, 0.05) is 43.1 Å². The van der Waals surface area contributed by atoms with Crippen LogP contribution in [0.2, 0.25) is 0 Å². The van der Waals surface area contributed by atoms with Crippen molar-refractivity contribution in [3.63, 3.8) is 0 Å². The second-order valence-electron chi connectivity index (χ2n) is 8.51. The number of nitrogens with zero attached hydrogens (tertiary/aromatic N) is 4. The number of nitrogens with one attached hydrogen (secondary N) is 1. The van der Waals surface area contributed by atoms with Crippen molar-refractivity contribution in [2.45, 2.75) is 45.3 Å².